The van der Waals surface area contributed by atoms with Gasteiger partial charge in [-0.15, -0.1) is 0 Å². The first-order valence-corrected chi connectivity index (χ1v) is 5.34. The van der Waals surface area contributed by atoms with Crippen LogP contribution in [0.1, 0.15) is 0 Å². The van der Waals surface area contributed by atoms with Gasteiger partial charge in [0.2, 0.25) is 11.5 Å². The van der Waals surface area contributed by atoms with Gasteiger partial charge in [0, 0.05) is 9.82 Å². The smallest absolute Gasteiger partial charge is 0.372 e. The molecule has 0 saturated carbocycles. The molecule has 0 spiro atoms. The molecule has 0 aromatic heterocycles. The molecule has 12 heteroatoms. The van der Waals surface area contributed by atoms with Crippen LogP contribution in [0.3, 0.4) is 0 Å². The number of hydrogen-bond acceptors (Lipinski definition) is 6. The van der Waals surface area contributed by atoms with Gasteiger partial charge in [-0.2, -0.15) is 8.42 Å². The molecule has 1 rings (SSSR count). The number of allylic oxidation sites excluding steroid dienone is 2. The summed E-state index contributed by atoms with van der Waals surface area (Å²) in [7, 11) is -4.78. The van der Waals surface area contributed by atoms with Crippen LogP contribution in [-0.4, -0.2) is 20.0 Å². The molecule has 0 unspecified atom stereocenters. The van der Waals surface area contributed by atoms with E-state index in [4.69, 9.17) is 11.1 Å². The van der Waals surface area contributed by atoms with Crippen molar-refractivity contribution in [3.8, 4) is 0 Å². The fourth-order valence-electron chi connectivity index (χ4n) is 0.921. The second-order valence-electron chi connectivity index (χ2n) is 2.61. The van der Waals surface area contributed by atoms with E-state index in [0.717, 1.165) is 12.2 Å². The third-order valence-electron chi connectivity index (χ3n) is 1.53. The molecule has 0 radical (unpaired) electrons. The van der Waals surface area contributed by atoms with Crippen molar-refractivity contribution >= 4 is 21.9 Å². The van der Waals surface area contributed by atoms with Crippen LogP contribution in [0, 0.1) is 0 Å². The molecule has 18 heavy (non-hydrogen) atoms. The lowest BCUT2D eigenvalue weighted by Crippen LogP contribution is -2.17. The van der Waals surface area contributed by atoms with Crippen molar-refractivity contribution in [2.24, 2.45) is 9.63 Å². The molecule has 1 aliphatic carbocycles. The highest BCUT2D eigenvalue weighted by molar-refractivity contribution is 7.85. The van der Waals surface area contributed by atoms with Gasteiger partial charge in [0.1, 0.15) is 5.70 Å². The van der Waals surface area contributed by atoms with Crippen molar-refractivity contribution in [1.29, 1.82) is 0 Å². The maximum atomic E-state index is 11.3. The molecule has 11 nitrogen and oxygen atoms in total. The molecule has 0 fully saturated rings. The monoisotopic (exact) mass is 270 g/mol. The first kappa shape index (κ1) is 13.3. The number of nitrogens with zero attached hydrogens (tertiary/aromatic N) is 6. The van der Waals surface area contributed by atoms with E-state index >= 15 is 0 Å². The van der Waals surface area contributed by atoms with Crippen LogP contribution >= 0.6 is 0 Å². The molecule has 0 N–H and O–H groups in total. The van der Waals surface area contributed by atoms with Gasteiger partial charge in [-0.25, -0.2) is 0 Å². The van der Waals surface area contributed by atoms with E-state index < -0.39 is 33.3 Å². The molecule has 92 valence electrons. The third-order valence-corrected chi connectivity index (χ3v) is 2.18. The lowest BCUT2D eigenvalue weighted by molar-refractivity contribution is -0.116. The van der Waals surface area contributed by atoms with E-state index in [1.54, 1.807) is 0 Å². The molecule has 1 aliphatic rings. The first-order valence-electron chi connectivity index (χ1n) is 3.98. The molecule has 0 heterocycles. The number of azide groups is 2. The summed E-state index contributed by atoms with van der Waals surface area (Å²) in [5, 5.41) is 2.86. The largest absolute Gasteiger partial charge is 0.403 e. The summed E-state index contributed by atoms with van der Waals surface area (Å²) in [6.07, 6.45) is 1.50. The predicted octanol–water partition coefficient (Wildman–Crippen LogP) is 0.788. The van der Waals surface area contributed by atoms with E-state index in [1.807, 2.05) is 4.91 Å². The van der Waals surface area contributed by atoms with Crippen molar-refractivity contribution in [3.63, 3.8) is 0 Å². The summed E-state index contributed by atoms with van der Waals surface area (Å²) in [5.74, 6) is -2.96. The Bertz CT molecular complexity index is 675. The number of hydrogen-bond donors (Lipinski definition) is 0. The molecular formula is C6H2N6O5S. The highest BCUT2D eigenvalue weighted by Gasteiger charge is 2.27. The third kappa shape index (κ3) is 2.86. The quantitative estimate of drug-likeness (QED) is 0.316. The molecule has 0 amide bonds. The van der Waals surface area contributed by atoms with Gasteiger partial charge < -0.3 is 4.18 Å². The molecule has 0 saturated heterocycles. The Kier molecular flexibility index (Phi) is 3.69. The van der Waals surface area contributed by atoms with Crippen molar-refractivity contribution in [2.45, 2.75) is 0 Å². The maximum absolute atomic E-state index is 11.3. The van der Waals surface area contributed by atoms with E-state index in [0.29, 0.717) is 0 Å². The number of rotatable bonds is 4. The van der Waals surface area contributed by atoms with Crippen LogP contribution in [0.5, 0.6) is 0 Å². The van der Waals surface area contributed by atoms with Gasteiger partial charge in [-0.3, -0.25) is 9.59 Å². The summed E-state index contributed by atoms with van der Waals surface area (Å²) in [5.41, 5.74) is 15.3. The van der Waals surface area contributed by atoms with Gasteiger partial charge in [0.25, 0.3) is 0 Å². The van der Waals surface area contributed by atoms with Gasteiger partial charge >= 0.3 is 10.3 Å². The van der Waals surface area contributed by atoms with Crippen LogP contribution in [0.2, 0.25) is 0 Å². The van der Waals surface area contributed by atoms with Crippen molar-refractivity contribution in [1.82, 2.24) is 0 Å². The van der Waals surface area contributed by atoms with E-state index in [-0.39, 0.29) is 0 Å². The average Bonchev–Trinajstić information content (AvgIpc) is 2.28. The fraction of sp³-hybridized carbons (Fsp3) is 0. The lowest BCUT2D eigenvalue weighted by Gasteiger charge is -2.09. The average molecular weight is 270 g/mol. The summed E-state index contributed by atoms with van der Waals surface area (Å²) in [6.45, 7) is 0. The van der Waals surface area contributed by atoms with Crippen LogP contribution in [0.15, 0.2) is 33.2 Å². The van der Waals surface area contributed by atoms with Crippen LogP contribution in [0.25, 0.3) is 20.9 Å². The van der Waals surface area contributed by atoms with Gasteiger partial charge in [0.05, 0.1) is 4.52 Å². The van der Waals surface area contributed by atoms with Crippen LogP contribution < -0.4 is 0 Å². The Hall–Kier alpha value is -2.81. The van der Waals surface area contributed by atoms with Crippen LogP contribution in [-0.2, 0) is 24.1 Å². The van der Waals surface area contributed by atoms with Gasteiger partial charge in [0.15, 0.2) is 5.78 Å². The Balaban J connectivity index is 3.35. The lowest BCUT2D eigenvalue weighted by atomic mass is 10.1. The normalized spacial score (nSPS) is 14.9. The van der Waals surface area contributed by atoms with E-state index in [9.17, 15) is 18.0 Å². The van der Waals surface area contributed by atoms with E-state index in [1.165, 1.54) is 0 Å². The minimum Gasteiger partial charge on any atom is -0.372 e. The van der Waals surface area contributed by atoms with Gasteiger partial charge in [-0.05, 0) is 23.2 Å². The maximum Gasteiger partial charge on any atom is 0.403 e. The molecule has 0 aromatic rings. The highest BCUT2D eigenvalue weighted by atomic mass is 32.2. The minimum absolute atomic E-state index is 0.722. The SMILES string of the molecule is [N-]=[N+]=NC1=C(OS(=O)(=O)N=[N+]=[N-])C(=O)C=CC1=O. The van der Waals surface area contributed by atoms with E-state index in [2.05, 4.69) is 18.7 Å². The minimum atomic E-state index is -4.78. The molecule has 0 bridgehead atoms. The molecule has 0 atom stereocenters. The highest BCUT2D eigenvalue weighted by Crippen LogP contribution is 2.19. The number of ketones is 2. The molecular weight excluding hydrogens is 268 g/mol. The van der Waals surface area contributed by atoms with Crippen molar-refractivity contribution in [2.75, 3.05) is 0 Å². The molecule has 0 aliphatic heterocycles. The zero-order valence-corrected chi connectivity index (χ0v) is 9.10. The Labute approximate surface area is 98.9 Å². The van der Waals surface area contributed by atoms with Crippen molar-refractivity contribution < 1.29 is 22.2 Å². The van der Waals surface area contributed by atoms with Crippen molar-refractivity contribution in [3.05, 3.63) is 44.5 Å². The second kappa shape index (κ2) is 5.01. The second-order valence-corrected chi connectivity index (χ2v) is 3.80. The first-order chi connectivity index (χ1) is 8.41. The standard InChI is InChI=1S/C6H2N6O5S/c7-10-9-5-3(13)1-2-4(14)6(5)17-18(15,16)12-11-8/h1-2H. The summed E-state index contributed by atoms with van der Waals surface area (Å²) in [4.78, 5) is 26.8. The summed E-state index contributed by atoms with van der Waals surface area (Å²) in [6, 6.07) is 0. The summed E-state index contributed by atoms with van der Waals surface area (Å²) < 4.78 is 28.4. The number of carbonyl (C=O) groups is 2. The molecule has 0 aromatic carbocycles. The summed E-state index contributed by atoms with van der Waals surface area (Å²) >= 11 is 0. The van der Waals surface area contributed by atoms with Gasteiger partial charge in [-0.1, -0.05) is 5.11 Å². The van der Waals surface area contributed by atoms with Crippen LogP contribution in [0.4, 0.5) is 0 Å². The topological polar surface area (TPSA) is 175 Å². The Morgan fingerprint density at radius 2 is 1.72 bits per heavy atom. The number of carbonyl (C=O) groups excluding carboxylic acids is 2. The Morgan fingerprint density at radius 3 is 2.28 bits per heavy atom. The zero-order chi connectivity index (χ0) is 13.8. The Morgan fingerprint density at radius 1 is 1.11 bits per heavy atom. The fourth-order valence-corrected chi connectivity index (χ4v) is 1.42. The predicted molar refractivity (Wildman–Crippen MR) is 54.5 cm³/mol. The zero-order valence-electron chi connectivity index (χ0n) is 8.29.